The predicted octanol–water partition coefficient (Wildman–Crippen LogP) is 2.88. The van der Waals surface area contributed by atoms with E-state index < -0.39 is 5.82 Å². The standard InChI is InChI=1S/C19H23FN4O2/c1-13-10-18(26)24(12-17(25)22-15-7-3-2-4-8-15)19(21-13)23-16-9-5-6-14(20)11-16/h5-6,9-11,15H,2-4,7-8,12H2,1H3,(H,21,23)(H,22,25). The Labute approximate surface area is 151 Å². The Bertz CT molecular complexity index is 844. The van der Waals surface area contributed by atoms with Crippen LogP contribution in [0.2, 0.25) is 0 Å². The molecule has 1 saturated carbocycles. The molecular weight excluding hydrogens is 335 g/mol. The molecule has 1 aliphatic rings. The highest BCUT2D eigenvalue weighted by molar-refractivity contribution is 5.76. The molecule has 2 N–H and O–H groups in total. The zero-order chi connectivity index (χ0) is 18.5. The zero-order valence-electron chi connectivity index (χ0n) is 14.8. The van der Waals surface area contributed by atoms with Crippen LogP contribution in [-0.2, 0) is 11.3 Å². The average molecular weight is 358 g/mol. The number of halogens is 1. The lowest BCUT2D eigenvalue weighted by Crippen LogP contribution is -2.40. The van der Waals surface area contributed by atoms with Gasteiger partial charge in [0.1, 0.15) is 12.4 Å². The van der Waals surface area contributed by atoms with Crippen molar-refractivity contribution in [3.05, 3.63) is 52.2 Å². The second-order valence-corrected chi connectivity index (χ2v) is 6.68. The summed E-state index contributed by atoms with van der Waals surface area (Å²) in [4.78, 5) is 29.1. The Morgan fingerprint density at radius 2 is 2.04 bits per heavy atom. The SMILES string of the molecule is Cc1cc(=O)n(CC(=O)NC2CCCCC2)c(Nc2cccc(F)c2)n1. The molecule has 1 aromatic heterocycles. The van der Waals surface area contributed by atoms with Gasteiger partial charge in [0.05, 0.1) is 0 Å². The highest BCUT2D eigenvalue weighted by Gasteiger charge is 2.17. The summed E-state index contributed by atoms with van der Waals surface area (Å²) in [5.74, 6) is -0.391. The fourth-order valence-corrected chi connectivity index (χ4v) is 3.23. The quantitative estimate of drug-likeness (QED) is 0.862. The number of benzene rings is 1. The van der Waals surface area contributed by atoms with Crippen molar-refractivity contribution in [1.82, 2.24) is 14.9 Å². The molecule has 0 spiro atoms. The maximum absolute atomic E-state index is 13.4. The van der Waals surface area contributed by atoms with Gasteiger partial charge in [-0.2, -0.15) is 0 Å². The first-order valence-electron chi connectivity index (χ1n) is 8.92. The molecule has 6 nitrogen and oxygen atoms in total. The summed E-state index contributed by atoms with van der Waals surface area (Å²) >= 11 is 0. The third-order valence-corrected chi connectivity index (χ3v) is 4.49. The second-order valence-electron chi connectivity index (χ2n) is 6.68. The molecule has 0 unspecified atom stereocenters. The maximum atomic E-state index is 13.4. The lowest BCUT2D eigenvalue weighted by atomic mass is 9.95. The van der Waals surface area contributed by atoms with E-state index in [1.807, 2.05) is 0 Å². The number of amides is 1. The molecule has 26 heavy (non-hydrogen) atoms. The molecular formula is C19H23FN4O2. The molecule has 1 heterocycles. The Morgan fingerprint density at radius 3 is 2.77 bits per heavy atom. The van der Waals surface area contributed by atoms with Crippen LogP contribution >= 0.6 is 0 Å². The van der Waals surface area contributed by atoms with Crippen molar-refractivity contribution in [2.75, 3.05) is 5.32 Å². The van der Waals surface area contributed by atoms with Crippen LogP contribution in [0.15, 0.2) is 35.1 Å². The van der Waals surface area contributed by atoms with Crippen LogP contribution in [-0.4, -0.2) is 21.5 Å². The highest BCUT2D eigenvalue weighted by atomic mass is 19.1. The van der Waals surface area contributed by atoms with Gasteiger partial charge in [0.15, 0.2) is 0 Å². The lowest BCUT2D eigenvalue weighted by molar-refractivity contribution is -0.122. The molecule has 1 amide bonds. The van der Waals surface area contributed by atoms with Crippen LogP contribution < -0.4 is 16.2 Å². The summed E-state index contributed by atoms with van der Waals surface area (Å²) in [6, 6.07) is 7.42. The molecule has 0 atom stereocenters. The smallest absolute Gasteiger partial charge is 0.255 e. The number of aromatic nitrogens is 2. The van der Waals surface area contributed by atoms with Gasteiger partial charge in [-0.05, 0) is 38.0 Å². The van der Waals surface area contributed by atoms with Crippen molar-refractivity contribution in [1.29, 1.82) is 0 Å². The van der Waals surface area contributed by atoms with Crippen LogP contribution in [0.4, 0.5) is 16.0 Å². The van der Waals surface area contributed by atoms with Crippen LogP contribution in [0.3, 0.4) is 0 Å². The number of nitrogens with one attached hydrogen (secondary N) is 2. The Balaban J connectivity index is 1.79. The average Bonchev–Trinajstić information content (AvgIpc) is 2.59. The number of hydrogen-bond acceptors (Lipinski definition) is 4. The molecule has 7 heteroatoms. The minimum atomic E-state index is -0.397. The number of aryl methyl sites for hydroxylation is 1. The van der Waals surface area contributed by atoms with Gasteiger partial charge in [0, 0.05) is 23.5 Å². The van der Waals surface area contributed by atoms with Gasteiger partial charge in [-0.3, -0.25) is 14.2 Å². The fourth-order valence-electron chi connectivity index (χ4n) is 3.23. The summed E-state index contributed by atoms with van der Waals surface area (Å²) in [5.41, 5.74) is 0.664. The Kier molecular flexibility index (Phi) is 5.65. The van der Waals surface area contributed by atoms with Gasteiger partial charge in [-0.25, -0.2) is 9.37 Å². The normalized spacial score (nSPS) is 14.8. The van der Waals surface area contributed by atoms with E-state index in [0.717, 1.165) is 25.7 Å². The van der Waals surface area contributed by atoms with E-state index in [-0.39, 0.29) is 30.0 Å². The van der Waals surface area contributed by atoms with Crippen molar-refractivity contribution in [2.45, 2.75) is 51.6 Å². The summed E-state index contributed by atoms with van der Waals surface area (Å²) in [6.07, 6.45) is 5.38. The largest absolute Gasteiger partial charge is 0.352 e. The molecule has 3 rings (SSSR count). The van der Waals surface area contributed by atoms with Crippen molar-refractivity contribution < 1.29 is 9.18 Å². The number of carbonyl (C=O) groups excluding carboxylic acids is 1. The van der Waals surface area contributed by atoms with E-state index in [4.69, 9.17) is 0 Å². The molecule has 1 fully saturated rings. The first kappa shape index (κ1) is 18.1. The minimum absolute atomic E-state index is 0.125. The Morgan fingerprint density at radius 1 is 1.27 bits per heavy atom. The first-order chi connectivity index (χ1) is 12.5. The van der Waals surface area contributed by atoms with E-state index in [0.29, 0.717) is 11.4 Å². The Hall–Kier alpha value is -2.70. The van der Waals surface area contributed by atoms with Gasteiger partial charge in [0.25, 0.3) is 5.56 Å². The van der Waals surface area contributed by atoms with Crippen LogP contribution in [0.25, 0.3) is 0 Å². The zero-order valence-corrected chi connectivity index (χ0v) is 14.8. The topological polar surface area (TPSA) is 76.0 Å². The molecule has 0 radical (unpaired) electrons. The van der Waals surface area contributed by atoms with Gasteiger partial charge >= 0.3 is 0 Å². The molecule has 2 aromatic rings. The van der Waals surface area contributed by atoms with Gasteiger partial charge in [-0.15, -0.1) is 0 Å². The number of rotatable bonds is 5. The highest BCUT2D eigenvalue weighted by Crippen LogP contribution is 2.18. The van der Waals surface area contributed by atoms with Gasteiger partial charge < -0.3 is 10.6 Å². The summed E-state index contributed by atoms with van der Waals surface area (Å²) < 4.78 is 14.7. The van der Waals surface area contributed by atoms with E-state index in [2.05, 4.69) is 15.6 Å². The van der Waals surface area contributed by atoms with E-state index >= 15 is 0 Å². The summed E-state index contributed by atoms with van der Waals surface area (Å²) in [5, 5.41) is 5.93. The molecule has 138 valence electrons. The first-order valence-corrected chi connectivity index (χ1v) is 8.92. The minimum Gasteiger partial charge on any atom is -0.352 e. The molecule has 0 bridgehead atoms. The third-order valence-electron chi connectivity index (χ3n) is 4.49. The lowest BCUT2D eigenvalue weighted by Gasteiger charge is -2.23. The van der Waals surface area contributed by atoms with Crippen LogP contribution in [0, 0.1) is 12.7 Å². The van der Waals surface area contributed by atoms with Gasteiger partial charge in [0.2, 0.25) is 11.9 Å². The van der Waals surface area contributed by atoms with Gasteiger partial charge in [-0.1, -0.05) is 25.3 Å². The summed E-state index contributed by atoms with van der Waals surface area (Å²) in [6.45, 7) is 1.57. The molecule has 0 saturated heterocycles. The number of hydrogen-bond donors (Lipinski definition) is 2. The number of nitrogens with zero attached hydrogens (tertiary/aromatic N) is 2. The fraction of sp³-hybridized carbons (Fsp3) is 0.421. The van der Waals surface area contributed by atoms with Crippen LogP contribution in [0.5, 0.6) is 0 Å². The number of carbonyl (C=O) groups is 1. The van der Waals surface area contributed by atoms with Crippen molar-refractivity contribution in [3.63, 3.8) is 0 Å². The second kappa shape index (κ2) is 8.12. The molecule has 0 aliphatic heterocycles. The molecule has 1 aromatic carbocycles. The van der Waals surface area contributed by atoms with Crippen molar-refractivity contribution in [2.24, 2.45) is 0 Å². The van der Waals surface area contributed by atoms with Crippen molar-refractivity contribution in [3.8, 4) is 0 Å². The third kappa shape index (κ3) is 4.68. The van der Waals surface area contributed by atoms with E-state index in [9.17, 15) is 14.0 Å². The number of anilines is 2. The van der Waals surface area contributed by atoms with Crippen LogP contribution in [0.1, 0.15) is 37.8 Å². The maximum Gasteiger partial charge on any atom is 0.255 e. The molecule has 1 aliphatic carbocycles. The monoisotopic (exact) mass is 358 g/mol. The predicted molar refractivity (Wildman–Crippen MR) is 97.9 cm³/mol. The van der Waals surface area contributed by atoms with Crippen molar-refractivity contribution >= 4 is 17.5 Å². The van der Waals surface area contributed by atoms with E-state index in [1.165, 1.54) is 29.2 Å². The summed E-state index contributed by atoms with van der Waals surface area (Å²) in [7, 11) is 0. The van der Waals surface area contributed by atoms with E-state index in [1.54, 1.807) is 19.1 Å².